The summed E-state index contributed by atoms with van der Waals surface area (Å²) in [6, 6.07) is 8.42. The van der Waals surface area contributed by atoms with E-state index in [9.17, 15) is 4.79 Å². The molecule has 0 N–H and O–H groups in total. The second-order valence-corrected chi connectivity index (χ2v) is 5.97. The summed E-state index contributed by atoms with van der Waals surface area (Å²) >= 11 is 3.43. The normalized spacial score (nSPS) is 16.9. The van der Waals surface area contributed by atoms with Crippen LogP contribution in [0.4, 0.5) is 0 Å². The molecule has 2 rings (SSSR count). The van der Waals surface area contributed by atoms with Crippen molar-refractivity contribution in [3.63, 3.8) is 0 Å². The standard InChI is InChI=1S/C15H20BrNO2/c1-17(13-5-7-14(18)8-6-13)9-10-19-15-4-2-3-12(16)11-15/h2-4,11,13H,5-10H2,1H3. The number of hydrogen-bond donors (Lipinski definition) is 0. The Morgan fingerprint density at radius 1 is 1.37 bits per heavy atom. The molecule has 0 heterocycles. The second-order valence-electron chi connectivity index (χ2n) is 5.06. The van der Waals surface area contributed by atoms with Crippen molar-refractivity contribution in [2.75, 3.05) is 20.2 Å². The van der Waals surface area contributed by atoms with E-state index >= 15 is 0 Å². The van der Waals surface area contributed by atoms with Gasteiger partial charge < -0.3 is 9.64 Å². The van der Waals surface area contributed by atoms with Crippen LogP contribution in [0, 0.1) is 0 Å². The first-order valence-electron chi connectivity index (χ1n) is 6.75. The van der Waals surface area contributed by atoms with Crippen LogP contribution in [-0.2, 0) is 4.79 Å². The number of carbonyl (C=O) groups excluding carboxylic acids is 1. The molecule has 0 amide bonds. The van der Waals surface area contributed by atoms with Gasteiger partial charge in [-0.1, -0.05) is 22.0 Å². The number of rotatable bonds is 5. The molecule has 0 atom stereocenters. The van der Waals surface area contributed by atoms with Gasteiger partial charge in [-0.3, -0.25) is 4.79 Å². The minimum atomic E-state index is 0.412. The fraction of sp³-hybridized carbons (Fsp3) is 0.533. The van der Waals surface area contributed by atoms with Crippen LogP contribution in [0.15, 0.2) is 28.7 Å². The molecule has 1 aromatic rings. The minimum absolute atomic E-state index is 0.412. The Kier molecular flexibility index (Phi) is 5.40. The first kappa shape index (κ1) is 14.5. The third-order valence-corrected chi connectivity index (χ3v) is 4.14. The van der Waals surface area contributed by atoms with Crippen LogP contribution in [0.3, 0.4) is 0 Å². The third kappa shape index (κ3) is 4.62. The lowest BCUT2D eigenvalue weighted by Gasteiger charge is -2.30. The predicted octanol–water partition coefficient (Wildman–Crippen LogP) is 3.27. The summed E-state index contributed by atoms with van der Waals surface area (Å²) in [5, 5.41) is 0. The van der Waals surface area contributed by atoms with Crippen molar-refractivity contribution in [1.29, 1.82) is 0 Å². The van der Waals surface area contributed by atoms with Gasteiger partial charge in [0.05, 0.1) is 0 Å². The van der Waals surface area contributed by atoms with E-state index in [4.69, 9.17) is 4.74 Å². The molecule has 0 radical (unpaired) electrons. The van der Waals surface area contributed by atoms with Crippen LogP contribution in [0.5, 0.6) is 5.75 Å². The molecule has 1 fully saturated rings. The van der Waals surface area contributed by atoms with E-state index in [2.05, 4.69) is 27.9 Å². The number of hydrogen-bond acceptors (Lipinski definition) is 3. The molecule has 0 unspecified atom stereocenters. The number of ether oxygens (including phenoxy) is 1. The quantitative estimate of drug-likeness (QED) is 0.832. The van der Waals surface area contributed by atoms with Gasteiger partial charge in [0.2, 0.25) is 0 Å². The highest BCUT2D eigenvalue weighted by molar-refractivity contribution is 9.10. The van der Waals surface area contributed by atoms with Crippen LogP contribution in [0.25, 0.3) is 0 Å². The molecule has 0 aromatic heterocycles. The molecule has 104 valence electrons. The summed E-state index contributed by atoms with van der Waals surface area (Å²) in [5.41, 5.74) is 0. The molecule has 0 saturated heterocycles. The number of ketones is 1. The summed E-state index contributed by atoms with van der Waals surface area (Å²) in [6.07, 6.45) is 3.46. The van der Waals surface area contributed by atoms with Crippen molar-refractivity contribution in [2.24, 2.45) is 0 Å². The first-order valence-corrected chi connectivity index (χ1v) is 7.55. The van der Waals surface area contributed by atoms with Gasteiger partial charge in [-0.2, -0.15) is 0 Å². The lowest BCUT2D eigenvalue weighted by atomic mass is 9.93. The van der Waals surface area contributed by atoms with Gasteiger partial charge in [-0.25, -0.2) is 0 Å². The van der Waals surface area contributed by atoms with Crippen molar-refractivity contribution in [3.8, 4) is 5.75 Å². The minimum Gasteiger partial charge on any atom is -0.492 e. The number of likely N-dealkylation sites (N-methyl/N-ethyl adjacent to an activating group) is 1. The van der Waals surface area contributed by atoms with E-state index in [-0.39, 0.29) is 0 Å². The van der Waals surface area contributed by atoms with Gasteiger partial charge in [-0.05, 0) is 38.1 Å². The Morgan fingerprint density at radius 3 is 2.79 bits per heavy atom. The maximum atomic E-state index is 11.2. The fourth-order valence-corrected chi connectivity index (χ4v) is 2.79. The zero-order valence-corrected chi connectivity index (χ0v) is 12.9. The topological polar surface area (TPSA) is 29.5 Å². The number of carbonyl (C=O) groups is 1. The average molecular weight is 326 g/mol. The van der Waals surface area contributed by atoms with Crippen LogP contribution in [0.1, 0.15) is 25.7 Å². The van der Waals surface area contributed by atoms with Crippen molar-refractivity contribution < 1.29 is 9.53 Å². The Labute approximate surface area is 123 Å². The van der Waals surface area contributed by atoms with Crippen molar-refractivity contribution in [3.05, 3.63) is 28.7 Å². The van der Waals surface area contributed by atoms with Crippen molar-refractivity contribution in [1.82, 2.24) is 4.90 Å². The Hall–Kier alpha value is -0.870. The van der Waals surface area contributed by atoms with Crippen LogP contribution >= 0.6 is 15.9 Å². The molecule has 1 aliphatic carbocycles. The summed E-state index contributed by atoms with van der Waals surface area (Å²) < 4.78 is 6.76. The van der Waals surface area contributed by atoms with Gasteiger partial charge in [0.1, 0.15) is 18.1 Å². The number of nitrogens with zero attached hydrogens (tertiary/aromatic N) is 1. The third-order valence-electron chi connectivity index (χ3n) is 3.64. The zero-order chi connectivity index (χ0) is 13.7. The number of halogens is 1. The molecule has 3 nitrogen and oxygen atoms in total. The highest BCUT2D eigenvalue weighted by atomic mass is 79.9. The van der Waals surface area contributed by atoms with Gasteiger partial charge in [-0.15, -0.1) is 0 Å². The molecular weight excluding hydrogens is 306 g/mol. The summed E-state index contributed by atoms with van der Waals surface area (Å²) in [4.78, 5) is 13.5. The average Bonchev–Trinajstić information content (AvgIpc) is 2.39. The zero-order valence-electron chi connectivity index (χ0n) is 11.3. The molecule has 19 heavy (non-hydrogen) atoms. The molecule has 0 bridgehead atoms. The summed E-state index contributed by atoms with van der Waals surface area (Å²) in [6.45, 7) is 1.57. The van der Waals surface area contributed by atoms with E-state index in [1.807, 2.05) is 24.3 Å². The van der Waals surface area contributed by atoms with E-state index in [1.54, 1.807) is 0 Å². The summed E-state index contributed by atoms with van der Waals surface area (Å²) in [5.74, 6) is 1.30. The molecule has 1 aliphatic rings. The number of benzene rings is 1. The van der Waals surface area contributed by atoms with Gasteiger partial charge in [0, 0.05) is 29.9 Å². The Balaban J connectivity index is 1.72. The monoisotopic (exact) mass is 325 g/mol. The van der Waals surface area contributed by atoms with Gasteiger partial charge in [0.25, 0.3) is 0 Å². The number of Topliss-reactive ketones (excluding diaryl/α,β-unsaturated/α-hetero) is 1. The summed E-state index contributed by atoms with van der Waals surface area (Å²) in [7, 11) is 2.12. The largest absolute Gasteiger partial charge is 0.492 e. The predicted molar refractivity (Wildman–Crippen MR) is 79.5 cm³/mol. The van der Waals surface area contributed by atoms with Crippen LogP contribution < -0.4 is 4.74 Å². The molecule has 4 heteroatoms. The molecular formula is C15H20BrNO2. The highest BCUT2D eigenvalue weighted by Gasteiger charge is 2.21. The maximum absolute atomic E-state index is 11.2. The lowest BCUT2D eigenvalue weighted by molar-refractivity contribution is -0.121. The smallest absolute Gasteiger partial charge is 0.133 e. The van der Waals surface area contributed by atoms with E-state index < -0.39 is 0 Å². The maximum Gasteiger partial charge on any atom is 0.133 e. The Bertz CT molecular complexity index is 426. The molecule has 0 spiro atoms. The van der Waals surface area contributed by atoms with E-state index in [0.29, 0.717) is 18.4 Å². The fourth-order valence-electron chi connectivity index (χ4n) is 2.41. The molecule has 1 aromatic carbocycles. The molecule has 0 aliphatic heterocycles. The van der Waals surface area contributed by atoms with Crippen LogP contribution in [0.2, 0.25) is 0 Å². The molecule has 1 saturated carbocycles. The SMILES string of the molecule is CN(CCOc1cccc(Br)c1)C1CCC(=O)CC1. The van der Waals surface area contributed by atoms with E-state index in [1.165, 1.54) is 0 Å². The van der Waals surface area contributed by atoms with Crippen LogP contribution in [-0.4, -0.2) is 36.9 Å². The first-order chi connectivity index (χ1) is 9.15. The Morgan fingerprint density at radius 2 is 2.11 bits per heavy atom. The van der Waals surface area contributed by atoms with Gasteiger partial charge >= 0.3 is 0 Å². The second kappa shape index (κ2) is 7.06. The van der Waals surface area contributed by atoms with Crippen molar-refractivity contribution in [2.45, 2.75) is 31.7 Å². The van der Waals surface area contributed by atoms with Gasteiger partial charge in [0.15, 0.2) is 0 Å². The van der Waals surface area contributed by atoms with E-state index in [0.717, 1.165) is 42.5 Å². The highest BCUT2D eigenvalue weighted by Crippen LogP contribution is 2.20. The lowest BCUT2D eigenvalue weighted by Crippen LogP contribution is -2.37. The van der Waals surface area contributed by atoms with Crippen molar-refractivity contribution >= 4 is 21.7 Å².